The Kier molecular flexibility index (Phi) is 5.75. The monoisotopic (exact) mass is 295 g/mol. The molecule has 0 aromatic heterocycles. The number of hydrogen-bond donors (Lipinski definition) is 1. The van der Waals surface area contributed by atoms with Crippen LogP contribution in [0, 0.1) is 12.3 Å². The number of terminal acetylenes is 1. The molecule has 0 aliphatic carbocycles. The van der Waals surface area contributed by atoms with Crippen molar-refractivity contribution in [2.45, 2.75) is 6.42 Å². The molecule has 0 saturated heterocycles. The summed E-state index contributed by atoms with van der Waals surface area (Å²) in [4.78, 5) is 11.7. The highest BCUT2D eigenvalue weighted by atomic mass is 79.9. The fourth-order valence-electron chi connectivity index (χ4n) is 1.43. The molecule has 0 fully saturated rings. The Labute approximate surface area is 110 Å². The maximum absolute atomic E-state index is 11.7. The van der Waals surface area contributed by atoms with E-state index in [1.54, 1.807) is 7.11 Å². The van der Waals surface area contributed by atoms with E-state index in [0.717, 1.165) is 15.8 Å². The summed E-state index contributed by atoms with van der Waals surface area (Å²) in [6, 6.07) is 5.60. The van der Waals surface area contributed by atoms with Crippen molar-refractivity contribution in [3.05, 3.63) is 28.2 Å². The van der Waals surface area contributed by atoms with Gasteiger partial charge >= 0.3 is 0 Å². The van der Waals surface area contributed by atoms with Gasteiger partial charge in [-0.25, -0.2) is 0 Å². The first kappa shape index (κ1) is 13.8. The SMILES string of the molecule is C#CCNCC(=O)Cc1cc(Br)ccc1OC. The predicted molar refractivity (Wildman–Crippen MR) is 71.1 cm³/mol. The van der Waals surface area contributed by atoms with Crippen LogP contribution in [0.4, 0.5) is 0 Å². The molecule has 0 atom stereocenters. The maximum atomic E-state index is 11.7. The van der Waals surface area contributed by atoms with E-state index < -0.39 is 0 Å². The minimum absolute atomic E-state index is 0.0802. The third-order valence-electron chi connectivity index (χ3n) is 2.18. The number of carbonyl (C=O) groups is 1. The number of Topliss-reactive ketones (excluding diaryl/α,β-unsaturated/α-hetero) is 1. The summed E-state index contributed by atoms with van der Waals surface area (Å²) in [7, 11) is 1.59. The molecule has 0 bridgehead atoms. The molecule has 1 rings (SSSR count). The van der Waals surface area contributed by atoms with Crippen molar-refractivity contribution in [3.8, 4) is 18.1 Å². The van der Waals surface area contributed by atoms with Gasteiger partial charge in [-0.1, -0.05) is 21.9 Å². The second-order valence-corrected chi connectivity index (χ2v) is 4.39. The fourth-order valence-corrected chi connectivity index (χ4v) is 1.84. The molecule has 4 heteroatoms. The minimum atomic E-state index is 0.0802. The van der Waals surface area contributed by atoms with Crippen LogP contribution in [-0.2, 0) is 11.2 Å². The summed E-state index contributed by atoms with van der Waals surface area (Å²) in [6.07, 6.45) is 5.42. The van der Waals surface area contributed by atoms with Crippen LogP contribution in [0.1, 0.15) is 5.56 Å². The standard InChI is InChI=1S/C13H14BrNO2/c1-3-6-15-9-12(16)8-10-7-11(14)4-5-13(10)17-2/h1,4-5,7,15H,6,8-9H2,2H3. The molecule has 0 aliphatic rings. The molecule has 0 aliphatic heterocycles. The van der Waals surface area contributed by atoms with Crippen LogP contribution in [0.15, 0.2) is 22.7 Å². The molecule has 0 unspecified atom stereocenters. The number of ether oxygens (including phenoxy) is 1. The lowest BCUT2D eigenvalue weighted by Crippen LogP contribution is -2.24. The molecule has 3 nitrogen and oxygen atoms in total. The van der Waals surface area contributed by atoms with Crippen molar-refractivity contribution >= 4 is 21.7 Å². The van der Waals surface area contributed by atoms with Crippen molar-refractivity contribution in [1.29, 1.82) is 0 Å². The van der Waals surface area contributed by atoms with E-state index in [1.807, 2.05) is 18.2 Å². The van der Waals surface area contributed by atoms with Crippen molar-refractivity contribution < 1.29 is 9.53 Å². The zero-order chi connectivity index (χ0) is 12.7. The molecule has 1 aromatic carbocycles. The van der Waals surface area contributed by atoms with Crippen molar-refractivity contribution in [3.63, 3.8) is 0 Å². The van der Waals surface area contributed by atoms with Gasteiger partial charge in [0, 0.05) is 16.5 Å². The van der Waals surface area contributed by atoms with E-state index in [9.17, 15) is 4.79 Å². The van der Waals surface area contributed by atoms with Crippen molar-refractivity contribution in [1.82, 2.24) is 5.32 Å². The summed E-state index contributed by atoms with van der Waals surface area (Å²) in [5, 5.41) is 2.87. The summed E-state index contributed by atoms with van der Waals surface area (Å²) in [6.45, 7) is 0.682. The molecule has 0 amide bonds. The number of carbonyl (C=O) groups excluding carboxylic acids is 1. The number of hydrogen-bond acceptors (Lipinski definition) is 3. The lowest BCUT2D eigenvalue weighted by molar-refractivity contribution is -0.117. The third kappa shape index (κ3) is 4.59. The van der Waals surface area contributed by atoms with E-state index in [1.165, 1.54) is 0 Å². The van der Waals surface area contributed by atoms with E-state index in [0.29, 0.717) is 13.0 Å². The zero-order valence-electron chi connectivity index (χ0n) is 9.63. The van der Waals surface area contributed by atoms with Gasteiger partial charge in [0.2, 0.25) is 0 Å². The van der Waals surface area contributed by atoms with Gasteiger partial charge in [-0.2, -0.15) is 0 Å². The van der Waals surface area contributed by atoms with Gasteiger partial charge < -0.3 is 4.74 Å². The van der Waals surface area contributed by atoms with Crippen LogP contribution in [0.25, 0.3) is 0 Å². The van der Waals surface area contributed by atoms with Crippen LogP contribution in [0.5, 0.6) is 5.75 Å². The molecule has 1 aromatic rings. The van der Waals surface area contributed by atoms with Gasteiger partial charge in [-0.05, 0) is 18.2 Å². The Morgan fingerprint density at radius 3 is 3.00 bits per heavy atom. The average molecular weight is 296 g/mol. The number of methoxy groups -OCH3 is 1. The van der Waals surface area contributed by atoms with Crippen LogP contribution in [0.2, 0.25) is 0 Å². The Balaban J connectivity index is 2.64. The second kappa shape index (κ2) is 7.10. The number of rotatable bonds is 6. The summed E-state index contributed by atoms with van der Waals surface area (Å²) in [5.41, 5.74) is 0.870. The molecule has 0 spiro atoms. The summed E-state index contributed by atoms with van der Waals surface area (Å²) in [5.74, 6) is 3.22. The second-order valence-electron chi connectivity index (χ2n) is 3.48. The Hall–Kier alpha value is -1.31. The molecule has 0 saturated carbocycles. The molecule has 0 radical (unpaired) electrons. The first-order chi connectivity index (χ1) is 8.17. The van der Waals surface area contributed by atoms with Crippen LogP contribution in [0.3, 0.4) is 0 Å². The highest BCUT2D eigenvalue weighted by molar-refractivity contribution is 9.10. The molecular formula is C13H14BrNO2. The highest BCUT2D eigenvalue weighted by Crippen LogP contribution is 2.23. The average Bonchev–Trinajstić information content (AvgIpc) is 2.29. The van der Waals surface area contributed by atoms with E-state index >= 15 is 0 Å². The van der Waals surface area contributed by atoms with Gasteiger partial charge in [0.25, 0.3) is 0 Å². The van der Waals surface area contributed by atoms with Gasteiger partial charge in [0.1, 0.15) is 5.75 Å². The predicted octanol–water partition coefficient (Wildman–Crippen LogP) is 1.79. The van der Waals surface area contributed by atoms with Gasteiger partial charge in [-0.3, -0.25) is 10.1 Å². The number of halogens is 1. The van der Waals surface area contributed by atoms with Crippen molar-refractivity contribution in [2.24, 2.45) is 0 Å². The molecular weight excluding hydrogens is 282 g/mol. The number of benzene rings is 1. The third-order valence-corrected chi connectivity index (χ3v) is 2.67. The number of nitrogens with one attached hydrogen (secondary N) is 1. The molecule has 17 heavy (non-hydrogen) atoms. The lowest BCUT2D eigenvalue weighted by Gasteiger charge is -2.08. The van der Waals surface area contributed by atoms with Gasteiger partial charge in [0.05, 0.1) is 20.2 Å². The van der Waals surface area contributed by atoms with Gasteiger partial charge in [-0.15, -0.1) is 6.42 Å². The quantitative estimate of drug-likeness (QED) is 0.642. The number of ketones is 1. The topological polar surface area (TPSA) is 38.3 Å². The maximum Gasteiger partial charge on any atom is 0.151 e. The van der Waals surface area contributed by atoms with Crippen LogP contribution in [-0.4, -0.2) is 26.0 Å². The van der Waals surface area contributed by atoms with Crippen LogP contribution < -0.4 is 10.1 Å². The van der Waals surface area contributed by atoms with E-state index in [2.05, 4.69) is 27.2 Å². The zero-order valence-corrected chi connectivity index (χ0v) is 11.2. The Morgan fingerprint density at radius 2 is 2.35 bits per heavy atom. The Morgan fingerprint density at radius 1 is 1.59 bits per heavy atom. The molecule has 90 valence electrons. The molecule has 0 heterocycles. The fraction of sp³-hybridized carbons (Fsp3) is 0.308. The molecule has 1 N–H and O–H groups in total. The minimum Gasteiger partial charge on any atom is -0.496 e. The van der Waals surface area contributed by atoms with Crippen LogP contribution >= 0.6 is 15.9 Å². The van der Waals surface area contributed by atoms with Crippen molar-refractivity contribution in [2.75, 3.05) is 20.2 Å². The smallest absolute Gasteiger partial charge is 0.151 e. The summed E-state index contributed by atoms with van der Waals surface area (Å²) < 4.78 is 6.13. The lowest BCUT2D eigenvalue weighted by atomic mass is 10.1. The van der Waals surface area contributed by atoms with E-state index in [4.69, 9.17) is 11.2 Å². The normalized spacial score (nSPS) is 9.71. The first-order valence-electron chi connectivity index (χ1n) is 5.15. The van der Waals surface area contributed by atoms with Gasteiger partial charge in [0.15, 0.2) is 5.78 Å². The summed E-state index contributed by atoms with van der Waals surface area (Å²) >= 11 is 3.37. The van der Waals surface area contributed by atoms with E-state index in [-0.39, 0.29) is 12.3 Å². The first-order valence-corrected chi connectivity index (χ1v) is 5.95. The largest absolute Gasteiger partial charge is 0.496 e. The highest BCUT2D eigenvalue weighted by Gasteiger charge is 2.08. The Bertz CT molecular complexity index is 438.